The zero-order chi connectivity index (χ0) is 17.2. The maximum absolute atomic E-state index is 13.6. The van der Waals surface area contributed by atoms with Crippen molar-refractivity contribution in [3.05, 3.63) is 42.1 Å². The summed E-state index contributed by atoms with van der Waals surface area (Å²) >= 11 is 0. The first-order valence-electron chi connectivity index (χ1n) is 8.02. The number of aryl methyl sites for hydroxylation is 1. The molecular formula is C18H19F2N3O. The number of alkyl halides is 2. The molecule has 1 amide bonds. The van der Waals surface area contributed by atoms with Crippen molar-refractivity contribution in [3.63, 3.8) is 0 Å². The molecule has 1 aromatic carbocycles. The maximum Gasteiger partial charge on any atom is 0.251 e. The van der Waals surface area contributed by atoms with E-state index in [9.17, 15) is 13.6 Å². The Hall–Kier alpha value is -2.37. The fourth-order valence-electron chi connectivity index (χ4n) is 3.04. The summed E-state index contributed by atoms with van der Waals surface area (Å²) < 4.78 is 27.3. The molecule has 1 saturated carbocycles. The molecule has 126 valence electrons. The Morgan fingerprint density at radius 2 is 2.08 bits per heavy atom. The van der Waals surface area contributed by atoms with Crippen LogP contribution in [0.2, 0.25) is 0 Å². The maximum atomic E-state index is 13.6. The van der Waals surface area contributed by atoms with Crippen molar-refractivity contribution < 1.29 is 13.6 Å². The van der Waals surface area contributed by atoms with E-state index in [1.165, 1.54) is 0 Å². The van der Waals surface area contributed by atoms with Crippen molar-refractivity contribution >= 4 is 11.9 Å². The molecule has 1 atom stereocenters. The minimum Gasteiger partial charge on any atom is -0.294 e. The predicted molar refractivity (Wildman–Crippen MR) is 87.7 cm³/mol. The third kappa shape index (κ3) is 3.58. The van der Waals surface area contributed by atoms with Crippen molar-refractivity contribution in [2.75, 3.05) is 5.32 Å². The number of amides is 1. The topological polar surface area (TPSA) is 54.9 Å². The number of aromatic nitrogens is 2. The molecule has 0 spiro atoms. The standard InChI is InChI=1S/C18H19F2N3O/c1-12-11-21-17(23-16(12)13-6-3-2-4-7-13)22-15(24)10-14-8-5-9-18(14,19)20/h2-4,6-7,11,14H,5,8-10H2,1H3,(H,21,22,23,24). The molecule has 1 unspecified atom stereocenters. The number of anilines is 1. The normalized spacial score (nSPS) is 19.2. The van der Waals surface area contributed by atoms with Crippen LogP contribution in [0.25, 0.3) is 11.3 Å². The number of hydrogen-bond acceptors (Lipinski definition) is 3. The first kappa shape index (κ1) is 16.5. The van der Waals surface area contributed by atoms with Crippen LogP contribution in [-0.4, -0.2) is 21.8 Å². The molecule has 3 rings (SSSR count). The molecule has 6 heteroatoms. The SMILES string of the molecule is Cc1cnc(NC(=O)CC2CCCC2(F)F)nc1-c1ccccc1. The molecule has 1 N–H and O–H groups in total. The second-order valence-electron chi connectivity index (χ2n) is 6.19. The van der Waals surface area contributed by atoms with E-state index in [1.807, 2.05) is 37.3 Å². The molecule has 1 fully saturated rings. The van der Waals surface area contributed by atoms with Gasteiger partial charge in [-0.05, 0) is 25.3 Å². The second kappa shape index (κ2) is 6.63. The Kier molecular flexibility index (Phi) is 4.55. The number of rotatable bonds is 4. The molecule has 0 radical (unpaired) electrons. The summed E-state index contributed by atoms with van der Waals surface area (Å²) in [7, 11) is 0. The zero-order valence-electron chi connectivity index (χ0n) is 13.4. The van der Waals surface area contributed by atoms with Crippen LogP contribution in [0.15, 0.2) is 36.5 Å². The second-order valence-corrected chi connectivity index (χ2v) is 6.19. The lowest BCUT2D eigenvalue weighted by molar-refractivity contribution is -0.120. The Balaban J connectivity index is 1.73. The van der Waals surface area contributed by atoms with Crippen LogP contribution in [0.5, 0.6) is 0 Å². The minimum atomic E-state index is -2.75. The number of benzene rings is 1. The van der Waals surface area contributed by atoms with Crippen LogP contribution in [0.3, 0.4) is 0 Å². The summed E-state index contributed by atoms with van der Waals surface area (Å²) in [6.45, 7) is 1.88. The van der Waals surface area contributed by atoms with E-state index in [-0.39, 0.29) is 18.8 Å². The van der Waals surface area contributed by atoms with Crippen molar-refractivity contribution in [3.8, 4) is 11.3 Å². The molecule has 1 aromatic heterocycles. The smallest absolute Gasteiger partial charge is 0.251 e. The van der Waals surface area contributed by atoms with Crippen LogP contribution in [0.1, 0.15) is 31.2 Å². The number of nitrogens with zero attached hydrogens (tertiary/aromatic N) is 2. The van der Waals surface area contributed by atoms with Gasteiger partial charge in [0.2, 0.25) is 11.9 Å². The van der Waals surface area contributed by atoms with Crippen LogP contribution in [0.4, 0.5) is 14.7 Å². The summed E-state index contributed by atoms with van der Waals surface area (Å²) in [4.78, 5) is 20.5. The van der Waals surface area contributed by atoms with Gasteiger partial charge in [0.15, 0.2) is 0 Å². The predicted octanol–water partition coefficient (Wildman–Crippen LogP) is 4.22. The van der Waals surface area contributed by atoms with Gasteiger partial charge in [-0.15, -0.1) is 0 Å². The van der Waals surface area contributed by atoms with Crippen molar-refractivity contribution in [1.29, 1.82) is 0 Å². The first-order valence-corrected chi connectivity index (χ1v) is 8.02. The van der Waals surface area contributed by atoms with Crippen LogP contribution in [-0.2, 0) is 4.79 Å². The first-order chi connectivity index (χ1) is 11.5. The third-order valence-corrected chi connectivity index (χ3v) is 4.36. The molecule has 0 saturated heterocycles. The van der Waals surface area contributed by atoms with E-state index in [0.717, 1.165) is 11.1 Å². The van der Waals surface area contributed by atoms with Gasteiger partial charge < -0.3 is 0 Å². The van der Waals surface area contributed by atoms with Crippen LogP contribution < -0.4 is 5.32 Å². The van der Waals surface area contributed by atoms with Gasteiger partial charge in [-0.25, -0.2) is 18.7 Å². The average Bonchev–Trinajstić information content (AvgIpc) is 2.88. The molecule has 4 nitrogen and oxygen atoms in total. The number of halogens is 2. The third-order valence-electron chi connectivity index (χ3n) is 4.36. The Morgan fingerprint density at radius 1 is 1.33 bits per heavy atom. The molecule has 1 heterocycles. The molecule has 0 bridgehead atoms. The highest BCUT2D eigenvalue weighted by Gasteiger charge is 2.44. The highest BCUT2D eigenvalue weighted by molar-refractivity contribution is 5.89. The minimum absolute atomic E-state index is 0.135. The van der Waals surface area contributed by atoms with E-state index in [4.69, 9.17) is 0 Å². The van der Waals surface area contributed by atoms with E-state index in [0.29, 0.717) is 18.5 Å². The Morgan fingerprint density at radius 3 is 2.75 bits per heavy atom. The lowest BCUT2D eigenvalue weighted by atomic mass is 10.0. The van der Waals surface area contributed by atoms with E-state index in [1.54, 1.807) is 6.20 Å². The average molecular weight is 331 g/mol. The Bertz CT molecular complexity index is 734. The quantitative estimate of drug-likeness (QED) is 0.913. The lowest BCUT2D eigenvalue weighted by Crippen LogP contribution is -2.27. The summed E-state index contributed by atoms with van der Waals surface area (Å²) in [5, 5.41) is 2.55. The lowest BCUT2D eigenvalue weighted by Gasteiger charge is -2.18. The van der Waals surface area contributed by atoms with E-state index < -0.39 is 17.7 Å². The van der Waals surface area contributed by atoms with Gasteiger partial charge in [-0.3, -0.25) is 10.1 Å². The molecule has 1 aliphatic carbocycles. The van der Waals surface area contributed by atoms with E-state index >= 15 is 0 Å². The van der Waals surface area contributed by atoms with E-state index in [2.05, 4.69) is 15.3 Å². The molecule has 0 aliphatic heterocycles. The monoisotopic (exact) mass is 331 g/mol. The summed E-state index contributed by atoms with van der Waals surface area (Å²) in [6, 6.07) is 9.54. The van der Waals surface area contributed by atoms with Gasteiger partial charge in [-0.1, -0.05) is 30.3 Å². The highest BCUT2D eigenvalue weighted by Crippen LogP contribution is 2.42. The summed E-state index contributed by atoms with van der Waals surface area (Å²) in [5.41, 5.74) is 2.50. The number of carbonyl (C=O) groups is 1. The van der Waals surface area contributed by atoms with Crippen molar-refractivity contribution in [1.82, 2.24) is 9.97 Å². The number of hydrogen-bond donors (Lipinski definition) is 1. The molecule has 1 aliphatic rings. The molecule has 24 heavy (non-hydrogen) atoms. The highest BCUT2D eigenvalue weighted by atomic mass is 19.3. The van der Waals surface area contributed by atoms with Crippen molar-refractivity contribution in [2.24, 2.45) is 5.92 Å². The van der Waals surface area contributed by atoms with Gasteiger partial charge in [0.25, 0.3) is 5.92 Å². The summed E-state index contributed by atoms with van der Waals surface area (Å²) in [6.07, 6.45) is 2.12. The largest absolute Gasteiger partial charge is 0.294 e. The van der Waals surface area contributed by atoms with Crippen molar-refractivity contribution in [2.45, 2.75) is 38.5 Å². The van der Waals surface area contributed by atoms with Gasteiger partial charge in [-0.2, -0.15) is 0 Å². The van der Waals surface area contributed by atoms with Crippen LogP contribution >= 0.6 is 0 Å². The fourth-order valence-corrected chi connectivity index (χ4v) is 3.04. The Labute approximate surface area is 139 Å². The van der Waals surface area contributed by atoms with Gasteiger partial charge in [0.1, 0.15) is 0 Å². The van der Waals surface area contributed by atoms with Gasteiger partial charge in [0.05, 0.1) is 5.69 Å². The van der Waals surface area contributed by atoms with Gasteiger partial charge >= 0.3 is 0 Å². The fraction of sp³-hybridized carbons (Fsp3) is 0.389. The summed E-state index contributed by atoms with van der Waals surface area (Å²) in [5.74, 6) is -3.97. The number of nitrogens with one attached hydrogen (secondary N) is 1. The van der Waals surface area contributed by atoms with Gasteiger partial charge in [0, 0.05) is 30.5 Å². The zero-order valence-corrected chi connectivity index (χ0v) is 13.4. The molecular weight excluding hydrogens is 312 g/mol. The number of carbonyl (C=O) groups excluding carboxylic acids is 1. The van der Waals surface area contributed by atoms with Crippen LogP contribution in [0, 0.1) is 12.8 Å². The molecule has 2 aromatic rings.